The summed E-state index contributed by atoms with van der Waals surface area (Å²) in [5.41, 5.74) is -0.232. The van der Waals surface area contributed by atoms with Gasteiger partial charge in [-0.2, -0.15) is 16.8 Å². The molecule has 0 radical (unpaired) electrons. The summed E-state index contributed by atoms with van der Waals surface area (Å²) in [4.78, 5) is 21.7. The summed E-state index contributed by atoms with van der Waals surface area (Å²) in [6, 6.07) is 5.36. The highest BCUT2D eigenvalue weighted by atomic mass is 32.2. The molecule has 3 N–H and O–H groups in total. The smallest absolute Gasteiger partial charge is 0.354 e. The summed E-state index contributed by atoms with van der Waals surface area (Å²) in [5.74, 6) is -1.79. The molecule has 2 aromatic rings. The van der Waals surface area contributed by atoms with E-state index >= 15 is 0 Å². The van der Waals surface area contributed by atoms with Crippen LogP contribution in [-0.4, -0.2) is 52.1 Å². The van der Waals surface area contributed by atoms with Gasteiger partial charge in [-0.1, -0.05) is 6.07 Å². The van der Waals surface area contributed by atoms with Gasteiger partial charge in [0.1, 0.15) is 10.6 Å². The molecule has 0 saturated heterocycles. The number of benzene rings is 2. The molecule has 0 spiro atoms. The van der Waals surface area contributed by atoms with Crippen molar-refractivity contribution in [3.05, 3.63) is 42.1 Å². The molecule has 0 amide bonds. The number of nitrogens with one attached hydrogen (secondary N) is 1. The number of hydrogen-bond acceptors (Lipinski definition) is 9. The lowest BCUT2D eigenvalue weighted by molar-refractivity contribution is -0.138. The van der Waals surface area contributed by atoms with Gasteiger partial charge in [0.05, 0.1) is 25.2 Å². The van der Waals surface area contributed by atoms with E-state index in [1.807, 2.05) is 0 Å². The van der Waals surface area contributed by atoms with Crippen molar-refractivity contribution >= 4 is 48.6 Å². The number of ether oxygens (including phenoxy) is 2. The van der Waals surface area contributed by atoms with E-state index < -0.39 is 42.0 Å². The summed E-state index contributed by atoms with van der Waals surface area (Å²) >= 11 is 0. The van der Waals surface area contributed by atoms with Crippen molar-refractivity contribution in [1.29, 1.82) is 0 Å². The molecule has 0 aliphatic carbocycles. The zero-order valence-corrected chi connectivity index (χ0v) is 16.6. The lowest BCUT2D eigenvalue weighted by Gasteiger charge is -2.12. The molecule has 0 aromatic heterocycles. The Bertz CT molecular complexity index is 1230. The molecule has 0 aliphatic rings. The van der Waals surface area contributed by atoms with Crippen molar-refractivity contribution in [3.63, 3.8) is 0 Å². The highest BCUT2D eigenvalue weighted by Gasteiger charge is 2.21. The normalized spacial score (nSPS) is 12.5. The SMILES string of the molecule is COC(=O)/C=C(/Nc1ccc2cc(S(=O)(=O)O)cc(S(=O)(=O)O)c2c1)C(=O)OC. The highest BCUT2D eigenvalue weighted by molar-refractivity contribution is 7.86. The largest absolute Gasteiger partial charge is 0.466 e. The van der Waals surface area contributed by atoms with Gasteiger partial charge in [0.2, 0.25) is 0 Å². The molecule has 156 valence electrons. The Labute approximate surface area is 165 Å². The maximum atomic E-state index is 11.8. The third-order valence-corrected chi connectivity index (χ3v) is 5.34. The van der Waals surface area contributed by atoms with E-state index in [9.17, 15) is 35.5 Å². The Hall–Kier alpha value is -3.00. The first-order valence-electron chi connectivity index (χ1n) is 7.54. The summed E-state index contributed by atoms with van der Waals surface area (Å²) in [7, 11) is -7.47. The molecule has 29 heavy (non-hydrogen) atoms. The van der Waals surface area contributed by atoms with Gasteiger partial charge in [0.25, 0.3) is 20.2 Å². The predicted octanol–water partition coefficient (Wildman–Crippen LogP) is 0.975. The van der Waals surface area contributed by atoms with Gasteiger partial charge in [-0.25, -0.2) is 9.59 Å². The van der Waals surface area contributed by atoms with Gasteiger partial charge in [0.15, 0.2) is 0 Å². The maximum Gasteiger partial charge on any atom is 0.354 e. The van der Waals surface area contributed by atoms with Crippen LogP contribution in [0, 0.1) is 0 Å². The number of methoxy groups -OCH3 is 2. The average Bonchev–Trinajstić information content (AvgIpc) is 2.64. The van der Waals surface area contributed by atoms with Crippen LogP contribution in [0.1, 0.15) is 0 Å². The van der Waals surface area contributed by atoms with E-state index in [0.717, 1.165) is 26.4 Å². The molecule has 2 aromatic carbocycles. The lowest BCUT2D eigenvalue weighted by atomic mass is 10.1. The molecule has 0 saturated carbocycles. The van der Waals surface area contributed by atoms with Crippen LogP contribution in [-0.2, 0) is 39.3 Å². The van der Waals surface area contributed by atoms with Crippen LogP contribution < -0.4 is 5.32 Å². The van der Waals surface area contributed by atoms with Crippen LogP contribution in [0.4, 0.5) is 5.69 Å². The van der Waals surface area contributed by atoms with E-state index in [4.69, 9.17) is 0 Å². The minimum Gasteiger partial charge on any atom is -0.466 e. The first-order chi connectivity index (χ1) is 13.4. The second-order valence-electron chi connectivity index (χ2n) is 5.51. The Morgan fingerprint density at radius 3 is 2.14 bits per heavy atom. The second kappa shape index (κ2) is 8.16. The number of esters is 2. The fourth-order valence-corrected chi connectivity index (χ4v) is 3.67. The third kappa shape index (κ3) is 5.29. The minimum absolute atomic E-state index is 0.0508. The molecule has 0 bridgehead atoms. The Morgan fingerprint density at radius 1 is 0.966 bits per heavy atom. The summed E-state index contributed by atoms with van der Waals surface area (Å²) in [6.45, 7) is 0. The van der Waals surface area contributed by atoms with Crippen LogP contribution in [0.15, 0.2) is 51.9 Å². The lowest BCUT2D eigenvalue weighted by Crippen LogP contribution is -2.15. The molecular weight excluding hydrogens is 430 g/mol. The minimum atomic E-state index is -4.89. The molecule has 0 heterocycles. The van der Waals surface area contributed by atoms with Crippen LogP contribution in [0.3, 0.4) is 0 Å². The van der Waals surface area contributed by atoms with Crippen molar-refractivity contribution in [3.8, 4) is 0 Å². The zero-order chi connectivity index (χ0) is 22.0. The Morgan fingerprint density at radius 2 is 1.62 bits per heavy atom. The Balaban J connectivity index is 2.68. The van der Waals surface area contributed by atoms with Crippen LogP contribution >= 0.6 is 0 Å². The number of carbonyl (C=O) groups excluding carboxylic acids is 2. The van der Waals surface area contributed by atoms with E-state index in [0.29, 0.717) is 6.07 Å². The van der Waals surface area contributed by atoms with Crippen molar-refractivity contribution in [2.75, 3.05) is 19.5 Å². The van der Waals surface area contributed by atoms with Gasteiger partial charge in [-0.05, 0) is 29.7 Å². The van der Waals surface area contributed by atoms with E-state index in [1.54, 1.807) is 0 Å². The van der Waals surface area contributed by atoms with Gasteiger partial charge >= 0.3 is 11.9 Å². The third-order valence-electron chi connectivity index (χ3n) is 3.61. The Kier molecular flexibility index (Phi) is 6.27. The van der Waals surface area contributed by atoms with Crippen LogP contribution in [0.2, 0.25) is 0 Å². The summed E-state index contributed by atoms with van der Waals surface area (Å²) < 4.78 is 73.8. The highest BCUT2D eigenvalue weighted by Crippen LogP contribution is 2.30. The molecule has 2 rings (SSSR count). The fourth-order valence-electron chi connectivity index (χ4n) is 2.33. The number of hydrogen-bond donors (Lipinski definition) is 3. The standard InChI is InChI=1S/C16H15NO10S2/c1-26-15(18)8-13(16(19)27-2)17-10-4-3-9-5-11(28(20,21)22)7-14(12(9)6-10)29(23,24)25/h3-8,17H,1-2H3,(H,20,21,22)(H,23,24,25)/b13-8+. The number of carbonyl (C=O) groups is 2. The molecule has 0 atom stereocenters. The quantitative estimate of drug-likeness (QED) is 0.328. The average molecular weight is 445 g/mol. The number of anilines is 1. The van der Waals surface area contributed by atoms with E-state index in [2.05, 4.69) is 14.8 Å². The fraction of sp³-hybridized carbons (Fsp3) is 0.125. The molecule has 0 aliphatic heterocycles. The van der Waals surface area contributed by atoms with Crippen LogP contribution in [0.25, 0.3) is 10.8 Å². The van der Waals surface area contributed by atoms with Crippen molar-refractivity contribution in [2.24, 2.45) is 0 Å². The van der Waals surface area contributed by atoms with Gasteiger partial charge < -0.3 is 14.8 Å². The zero-order valence-electron chi connectivity index (χ0n) is 14.9. The molecule has 11 nitrogen and oxygen atoms in total. The monoisotopic (exact) mass is 445 g/mol. The summed E-state index contributed by atoms with van der Waals surface area (Å²) in [6.07, 6.45) is 0.807. The first kappa shape index (κ1) is 22.3. The van der Waals surface area contributed by atoms with Crippen molar-refractivity contribution < 1.29 is 45.0 Å². The maximum absolute atomic E-state index is 11.8. The number of rotatable bonds is 6. The van der Waals surface area contributed by atoms with Gasteiger partial charge in [-0.15, -0.1) is 0 Å². The van der Waals surface area contributed by atoms with Gasteiger partial charge in [-0.3, -0.25) is 9.11 Å². The predicted molar refractivity (Wildman–Crippen MR) is 99.3 cm³/mol. The molecule has 0 unspecified atom stereocenters. The van der Waals surface area contributed by atoms with Crippen molar-refractivity contribution in [1.82, 2.24) is 0 Å². The number of fused-ring (bicyclic) bond motifs is 1. The van der Waals surface area contributed by atoms with Gasteiger partial charge in [0, 0.05) is 11.1 Å². The second-order valence-corrected chi connectivity index (χ2v) is 8.32. The summed E-state index contributed by atoms with van der Waals surface area (Å²) in [5, 5.41) is 2.48. The van der Waals surface area contributed by atoms with E-state index in [-0.39, 0.29) is 22.2 Å². The van der Waals surface area contributed by atoms with Crippen molar-refractivity contribution in [2.45, 2.75) is 9.79 Å². The van der Waals surface area contributed by atoms with E-state index in [1.165, 1.54) is 18.2 Å². The molecule has 13 heteroatoms. The van der Waals surface area contributed by atoms with Crippen LogP contribution in [0.5, 0.6) is 0 Å². The molecular formula is C16H15NO10S2. The first-order valence-corrected chi connectivity index (χ1v) is 10.4. The topological polar surface area (TPSA) is 173 Å². The molecule has 0 fully saturated rings.